The van der Waals surface area contributed by atoms with Crippen LogP contribution in [0.4, 0.5) is 19.0 Å². The first-order valence-corrected chi connectivity index (χ1v) is 9.43. The monoisotopic (exact) mass is 418 g/mol. The predicted octanol–water partition coefficient (Wildman–Crippen LogP) is 3.65. The van der Waals surface area contributed by atoms with Crippen LogP contribution >= 0.6 is 11.3 Å². The van der Waals surface area contributed by atoms with E-state index in [0.717, 1.165) is 35.5 Å². The van der Waals surface area contributed by atoms with E-state index in [0.29, 0.717) is 11.9 Å². The van der Waals surface area contributed by atoms with Gasteiger partial charge in [-0.1, -0.05) is 6.92 Å². The first kappa shape index (κ1) is 21.9. The summed E-state index contributed by atoms with van der Waals surface area (Å²) < 4.78 is 31.7. The number of hydrogen-bond acceptors (Lipinski definition) is 5. The molecule has 1 unspecified atom stereocenters. The van der Waals surface area contributed by atoms with Gasteiger partial charge in [-0.05, 0) is 44.9 Å². The summed E-state index contributed by atoms with van der Waals surface area (Å²) in [5.41, 5.74) is 2.08. The van der Waals surface area contributed by atoms with Crippen LogP contribution in [0.3, 0.4) is 0 Å². The van der Waals surface area contributed by atoms with Crippen molar-refractivity contribution in [1.29, 1.82) is 0 Å². The van der Waals surface area contributed by atoms with E-state index in [2.05, 4.69) is 33.8 Å². The lowest BCUT2D eigenvalue weighted by atomic mass is 10.2. The highest BCUT2D eigenvalue weighted by molar-refractivity contribution is 7.14. The van der Waals surface area contributed by atoms with Crippen molar-refractivity contribution in [3.63, 3.8) is 0 Å². The molecule has 154 valence electrons. The van der Waals surface area contributed by atoms with Crippen molar-refractivity contribution < 1.29 is 27.9 Å². The van der Waals surface area contributed by atoms with E-state index in [9.17, 15) is 18.0 Å². The number of aromatic amines is 1. The van der Waals surface area contributed by atoms with Gasteiger partial charge in [-0.3, -0.25) is 9.89 Å². The SMILES string of the molecule is CCc1[nH]nc(NC(=O)c2ccc(C3CCCN3)s2)c1C.O=C(O)C(F)(F)F. The van der Waals surface area contributed by atoms with Gasteiger partial charge in [0.1, 0.15) is 0 Å². The molecule has 1 fully saturated rings. The number of aliphatic carboxylic acids is 1. The van der Waals surface area contributed by atoms with Crippen LogP contribution in [0.1, 0.15) is 51.6 Å². The summed E-state index contributed by atoms with van der Waals surface area (Å²) in [5, 5.41) is 20.6. The maximum absolute atomic E-state index is 12.3. The van der Waals surface area contributed by atoms with Crippen molar-refractivity contribution in [2.75, 3.05) is 11.9 Å². The Kier molecular flexibility index (Phi) is 7.19. The Bertz CT molecular complexity index is 826. The molecule has 4 N–H and O–H groups in total. The van der Waals surface area contributed by atoms with E-state index >= 15 is 0 Å². The number of nitrogens with zero attached hydrogens (tertiary/aromatic N) is 1. The number of aromatic nitrogens is 2. The van der Waals surface area contributed by atoms with E-state index in [1.54, 1.807) is 11.3 Å². The molecule has 1 aliphatic rings. The minimum atomic E-state index is -5.08. The van der Waals surface area contributed by atoms with Crippen molar-refractivity contribution in [3.8, 4) is 0 Å². The number of H-pyrrole nitrogens is 1. The minimum Gasteiger partial charge on any atom is -0.475 e. The van der Waals surface area contributed by atoms with Crippen molar-refractivity contribution >= 4 is 29.0 Å². The molecule has 1 aliphatic heterocycles. The fourth-order valence-electron chi connectivity index (χ4n) is 2.66. The third-order valence-corrected chi connectivity index (χ3v) is 5.39. The molecule has 0 spiro atoms. The van der Waals surface area contributed by atoms with Gasteiger partial charge in [-0.15, -0.1) is 11.3 Å². The Balaban J connectivity index is 0.000000345. The van der Waals surface area contributed by atoms with Crippen LogP contribution < -0.4 is 10.6 Å². The molecule has 11 heteroatoms. The molecule has 1 atom stereocenters. The molecule has 3 heterocycles. The fraction of sp³-hybridized carbons (Fsp3) is 0.471. The lowest BCUT2D eigenvalue weighted by Gasteiger charge is -2.06. The summed E-state index contributed by atoms with van der Waals surface area (Å²) in [6, 6.07) is 4.37. The summed E-state index contributed by atoms with van der Waals surface area (Å²) in [6.45, 7) is 5.10. The van der Waals surface area contributed by atoms with Crippen molar-refractivity contribution in [1.82, 2.24) is 15.5 Å². The van der Waals surface area contributed by atoms with Crippen LogP contribution in [-0.4, -0.2) is 39.9 Å². The highest BCUT2D eigenvalue weighted by Crippen LogP contribution is 2.29. The number of rotatable bonds is 4. The number of nitrogens with one attached hydrogen (secondary N) is 3. The van der Waals surface area contributed by atoms with Gasteiger partial charge in [0.25, 0.3) is 5.91 Å². The molecular weight excluding hydrogens is 397 g/mol. The lowest BCUT2D eigenvalue weighted by molar-refractivity contribution is -0.192. The van der Waals surface area contributed by atoms with Crippen molar-refractivity contribution in [2.24, 2.45) is 0 Å². The van der Waals surface area contributed by atoms with Gasteiger partial charge in [0, 0.05) is 22.2 Å². The van der Waals surface area contributed by atoms with Gasteiger partial charge in [0.2, 0.25) is 0 Å². The first-order valence-electron chi connectivity index (χ1n) is 8.61. The second-order valence-electron chi connectivity index (χ2n) is 6.14. The molecule has 0 bridgehead atoms. The van der Waals surface area contributed by atoms with Crippen LogP contribution in [0, 0.1) is 6.92 Å². The number of anilines is 1. The molecule has 2 aromatic heterocycles. The van der Waals surface area contributed by atoms with Crippen LogP contribution in [0.2, 0.25) is 0 Å². The Morgan fingerprint density at radius 2 is 2.07 bits per heavy atom. The van der Waals surface area contributed by atoms with E-state index in [1.165, 1.54) is 11.3 Å². The Labute approximate surface area is 163 Å². The summed E-state index contributed by atoms with van der Waals surface area (Å²) in [6.07, 6.45) is -1.85. The average Bonchev–Trinajstić information content (AvgIpc) is 3.35. The Hall–Kier alpha value is -2.40. The van der Waals surface area contributed by atoms with E-state index in [1.807, 2.05) is 13.0 Å². The number of thiophene rings is 1. The molecule has 0 saturated carbocycles. The summed E-state index contributed by atoms with van der Waals surface area (Å²) in [4.78, 5) is 23.2. The summed E-state index contributed by atoms with van der Waals surface area (Å²) in [7, 11) is 0. The normalized spacial score (nSPS) is 16.4. The molecule has 0 radical (unpaired) electrons. The smallest absolute Gasteiger partial charge is 0.475 e. The minimum absolute atomic E-state index is 0.0819. The van der Waals surface area contributed by atoms with Gasteiger partial charge in [-0.25, -0.2) is 4.79 Å². The molecule has 1 amide bonds. The zero-order valence-electron chi connectivity index (χ0n) is 15.3. The maximum Gasteiger partial charge on any atom is 0.490 e. The second kappa shape index (κ2) is 9.20. The molecule has 2 aromatic rings. The number of carboxylic acid groups (broad SMARTS) is 1. The van der Waals surface area contributed by atoms with Gasteiger partial charge in [-0.2, -0.15) is 18.3 Å². The fourth-order valence-corrected chi connectivity index (χ4v) is 3.67. The van der Waals surface area contributed by atoms with E-state index < -0.39 is 12.1 Å². The van der Waals surface area contributed by atoms with Crippen molar-refractivity contribution in [3.05, 3.63) is 33.1 Å². The van der Waals surface area contributed by atoms with Gasteiger partial charge < -0.3 is 15.7 Å². The highest BCUT2D eigenvalue weighted by atomic mass is 32.1. The molecule has 7 nitrogen and oxygen atoms in total. The average molecular weight is 418 g/mol. The second-order valence-corrected chi connectivity index (χ2v) is 7.25. The summed E-state index contributed by atoms with van der Waals surface area (Å²) >= 11 is 1.56. The molecule has 3 rings (SSSR count). The van der Waals surface area contributed by atoms with Gasteiger partial charge in [0.05, 0.1) is 4.88 Å². The maximum atomic E-state index is 12.3. The number of amides is 1. The van der Waals surface area contributed by atoms with Crippen molar-refractivity contribution in [2.45, 2.75) is 45.3 Å². The standard InChI is InChI=1S/C15H20N4OS.C2HF3O2/c1-3-10-9(2)14(19-18-10)17-15(20)13-7-6-12(21-13)11-5-4-8-16-11;3-2(4,5)1(6)7/h6-7,11,16H,3-5,8H2,1-2H3,(H2,17,18,19,20);(H,6,7). The number of alkyl halides is 3. The van der Waals surface area contributed by atoms with Gasteiger partial charge >= 0.3 is 12.1 Å². The molecular formula is C17H21F3N4O3S. The third-order valence-electron chi connectivity index (χ3n) is 4.19. The topological polar surface area (TPSA) is 107 Å². The zero-order valence-corrected chi connectivity index (χ0v) is 16.1. The molecule has 1 saturated heterocycles. The van der Waals surface area contributed by atoms with E-state index in [-0.39, 0.29) is 5.91 Å². The highest BCUT2D eigenvalue weighted by Gasteiger charge is 2.38. The van der Waals surface area contributed by atoms with E-state index in [4.69, 9.17) is 9.90 Å². The summed E-state index contributed by atoms with van der Waals surface area (Å²) in [5.74, 6) is -2.21. The van der Waals surface area contributed by atoms with Crippen LogP contribution in [0.5, 0.6) is 0 Å². The number of carbonyl (C=O) groups excluding carboxylic acids is 1. The Morgan fingerprint density at radius 3 is 2.57 bits per heavy atom. The number of aryl methyl sites for hydroxylation is 1. The number of halogens is 3. The van der Waals surface area contributed by atoms with Gasteiger partial charge in [0.15, 0.2) is 5.82 Å². The van der Waals surface area contributed by atoms with Crippen LogP contribution in [-0.2, 0) is 11.2 Å². The largest absolute Gasteiger partial charge is 0.490 e. The van der Waals surface area contributed by atoms with Crippen LogP contribution in [0.15, 0.2) is 12.1 Å². The third kappa shape index (κ3) is 5.55. The molecule has 28 heavy (non-hydrogen) atoms. The number of carbonyl (C=O) groups is 2. The molecule has 0 aromatic carbocycles. The Morgan fingerprint density at radius 1 is 1.39 bits per heavy atom. The quantitative estimate of drug-likeness (QED) is 0.606. The lowest BCUT2D eigenvalue weighted by Crippen LogP contribution is -2.21. The zero-order chi connectivity index (χ0) is 20.9. The first-order chi connectivity index (χ1) is 13.1. The molecule has 0 aliphatic carbocycles. The number of carboxylic acids is 1. The number of hydrogen-bond donors (Lipinski definition) is 4. The van der Waals surface area contributed by atoms with Crippen LogP contribution in [0.25, 0.3) is 0 Å². The predicted molar refractivity (Wildman–Crippen MR) is 98.6 cm³/mol.